The number of benzene rings is 1. The standard InChI is InChI=1S/C8H7BrN2O4/c1-15-8(12)7-5(10)2-4(9)3-6(7)11(13)14/h2-3H,10H2,1H3. The summed E-state index contributed by atoms with van der Waals surface area (Å²) in [5.41, 5.74) is 4.89. The molecule has 2 N–H and O–H groups in total. The topological polar surface area (TPSA) is 95.5 Å². The molecular weight excluding hydrogens is 268 g/mol. The zero-order valence-electron chi connectivity index (χ0n) is 7.69. The number of hydrogen-bond acceptors (Lipinski definition) is 5. The number of methoxy groups -OCH3 is 1. The van der Waals surface area contributed by atoms with Crippen molar-refractivity contribution in [1.82, 2.24) is 0 Å². The Morgan fingerprint density at radius 3 is 2.67 bits per heavy atom. The molecule has 0 aliphatic carbocycles. The van der Waals surface area contributed by atoms with Crippen molar-refractivity contribution in [1.29, 1.82) is 0 Å². The van der Waals surface area contributed by atoms with Gasteiger partial charge in [0.05, 0.1) is 17.7 Å². The molecule has 0 aliphatic rings. The molecule has 0 heterocycles. The number of hydrogen-bond donors (Lipinski definition) is 1. The van der Waals surface area contributed by atoms with Gasteiger partial charge in [-0.25, -0.2) is 4.79 Å². The number of rotatable bonds is 2. The summed E-state index contributed by atoms with van der Waals surface area (Å²) in [6.45, 7) is 0. The number of esters is 1. The predicted octanol–water partition coefficient (Wildman–Crippen LogP) is 1.73. The number of carbonyl (C=O) groups excluding carboxylic acids is 1. The highest BCUT2D eigenvalue weighted by Gasteiger charge is 2.24. The minimum Gasteiger partial charge on any atom is -0.465 e. The van der Waals surface area contributed by atoms with Crippen LogP contribution in [0, 0.1) is 10.1 Å². The third kappa shape index (κ3) is 2.24. The second-order valence-corrected chi connectivity index (χ2v) is 3.55. The average molecular weight is 275 g/mol. The van der Waals surface area contributed by atoms with Crippen molar-refractivity contribution in [2.45, 2.75) is 0 Å². The molecular formula is C8H7BrN2O4. The highest BCUT2D eigenvalue weighted by atomic mass is 79.9. The van der Waals surface area contributed by atoms with Gasteiger partial charge < -0.3 is 10.5 Å². The van der Waals surface area contributed by atoms with Crippen molar-refractivity contribution in [2.75, 3.05) is 12.8 Å². The smallest absolute Gasteiger partial charge is 0.347 e. The number of nitrogens with two attached hydrogens (primary N) is 1. The SMILES string of the molecule is COC(=O)c1c(N)cc(Br)cc1[N+](=O)[O-]. The Labute approximate surface area is 93.3 Å². The Kier molecular flexibility index (Phi) is 3.25. The minimum absolute atomic E-state index is 0.00271. The van der Waals surface area contributed by atoms with E-state index in [9.17, 15) is 14.9 Å². The highest BCUT2D eigenvalue weighted by molar-refractivity contribution is 9.10. The van der Waals surface area contributed by atoms with Crippen LogP contribution in [0.3, 0.4) is 0 Å². The van der Waals surface area contributed by atoms with Gasteiger partial charge in [-0.3, -0.25) is 10.1 Å². The lowest BCUT2D eigenvalue weighted by Gasteiger charge is -2.04. The highest BCUT2D eigenvalue weighted by Crippen LogP contribution is 2.29. The van der Waals surface area contributed by atoms with Gasteiger partial charge in [-0.15, -0.1) is 0 Å². The van der Waals surface area contributed by atoms with Crippen molar-refractivity contribution in [2.24, 2.45) is 0 Å². The summed E-state index contributed by atoms with van der Waals surface area (Å²) in [6, 6.07) is 2.60. The molecule has 0 aliphatic heterocycles. The molecule has 0 atom stereocenters. The molecule has 0 spiro atoms. The maximum Gasteiger partial charge on any atom is 0.347 e. The van der Waals surface area contributed by atoms with Crippen LogP contribution in [-0.4, -0.2) is 18.0 Å². The Balaban J connectivity index is 3.46. The van der Waals surface area contributed by atoms with Gasteiger partial charge in [0, 0.05) is 10.5 Å². The van der Waals surface area contributed by atoms with E-state index >= 15 is 0 Å². The fourth-order valence-electron chi connectivity index (χ4n) is 1.08. The van der Waals surface area contributed by atoms with Gasteiger partial charge in [-0.2, -0.15) is 0 Å². The number of nitro groups is 1. The van der Waals surface area contributed by atoms with Crippen LogP contribution in [0.5, 0.6) is 0 Å². The summed E-state index contributed by atoms with van der Waals surface area (Å²) < 4.78 is 4.84. The molecule has 0 radical (unpaired) electrons. The van der Waals surface area contributed by atoms with Crippen LogP contribution in [0.25, 0.3) is 0 Å². The number of anilines is 1. The van der Waals surface area contributed by atoms with Crippen LogP contribution in [0.1, 0.15) is 10.4 Å². The quantitative estimate of drug-likeness (QED) is 0.383. The lowest BCUT2D eigenvalue weighted by atomic mass is 10.1. The van der Waals surface area contributed by atoms with E-state index in [-0.39, 0.29) is 16.9 Å². The first-order valence-corrected chi connectivity index (χ1v) is 4.58. The normalized spacial score (nSPS) is 9.73. The second kappa shape index (κ2) is 4.26. The van der Waals surface area contributed by atoms with E-state index in [0.29, 0.717) is 4.47 Å². The zero-order valence-corrected chi connectivity index (χ0v) is 9.28. The van der Waals surface area contributed by atoms with Crippen molar-refractivity contribution >= 4 is 33.3 Å². The third-order valence-corrected chi connectivity index (χ3v) is 2.16. The summed E-state index contributed by atoms with van der Waals surface area (Å²) in [5.74, 6) is -0.827. The first-order chi connectivity index (χ1) is 6.97. The lowest BCUT2D eigenvalue weighted by molar-refractivity contribution is -0.385. The van der Waals surface area contributed by atoms with Gasteiger partial charge in [-0.05, 0) is 6.07 Å². The number of nitrogen functional groups attached to an aromatic ring is 1. The molecule has 15 heavy (non-hydrogen) atoms. The maximum atomic E-state index is 11.2. The number of halogens is 1. The Bertz CT molecular complexity index is 433. The lowest BCUT2D eigenvalue weighted by Crippen LogP contribution is -2.09. The fourth-order valence-corrected chi connectivity index (χ4v) is 1.54. The molecule has 0 unspecified atom stereocenters. The zero-order chi connectivity index (χ0) is 11.6. The molecule has 0 bridgehead atoms. The Hall–Kier alpha value is -1.63. The first-order valence-electron chi connectivity index (χ1n) is 3.79. The number of nitrogens with zero attached hydrogens (tertiary/aromatic N) is 1. The fraction of sp³-hybridized carbons (Fsp3) is 0.125. The van der Waals surface area contributed by atoms with Crippen molar-refractivity contribution in [3.63, 3.8) is 0 Å². The number of nitro benzene ring substituents is 1. The Morgan fingerprint density at radius 1 is 1.60 bits per heavy atom. The van der Waals surface area contributed by atoms with Gasteiger partial charge in [0.15, 0.2) is 5.56 Å². The predicted molar refractivity (Wildman–Crippen MR) is 56.5 cm³/mol. The van der Waals surface area contributed by atoms with E-state index in [2.05, 4.69) is 20.7 Å². The van der Waals surface area contributed by atoms with Crippen molar-refractivity contribution in [3.8, 4) is 0 Å². The van der Waals surface area contributed by atoms with E-state index in [0.717, 1.165) is 7.11 Å². The molecule has 0 aromatic heterocycles. The van der Waals surface area contributed by atoms with E-state index < -0.39 is 10.9 Å². The second-order valence-electron chi connectivity index (χ2n) is 2.64. The summed E-state index contributed by atoms with van der Waals surface area (Å²) in [7, 11) is 1.13. The van der Waals surface area contributed by atoms with Crippen molar-refractivity contribution in [3.05, 3.63) is 32.3 Å². The van der Waals surface area contributed by atoms with Crippen LogP contribution in [0.15, 0.2) is 16.6 Å². The van der Waals surface area contributed by atoms with E-state index in [1.54, 1.807) is 0 Å². The summed E-state index contributed by atoms with van der Waals surface area (Å²) >= 11 is 3.05. The van der Waals surface area contributed by atoms with Gasteiger partial charge in [0.2, 0.25) is 0 Å². The molecule has 7 heteroatoms. The Morgan fingerprint density at radius 2 is 2.20 bits per heavy atom. The van der Waals surface area contributed by atoms with E-state index in [4.69, 9.17) is 5.73 Å². The molecule has 1 rings (SSSR count). The largest absolute Gasteiger partial charge is 0.465 e. The molecule has 0 saturated heterocycles. The van der Waals surface area contributed by atoms with Crippen LogP contribution >= 0.6 is 15.9 Å². The monoisotopic (exact) mass is 274 g/mol. The van der Waals surface area contributed by atoms with Crippen LogP contribution in [0.4, 0.5) is 11.4 Å². The van der Waals surface area contributed by atoms with Crippen molar-refractivity contribution < 1.29 is 14.5 Å². The molecule has 0 fully saturated rings. The van der Waals surface area contributed by atoms with Crippen LogP contribution in [-0.2, 0) is 4.74 Å². The van der Waals surface area contributed by atoms with Gasteiger partial charge in [0.25, 0.3) is 5.69 Å². The number of carbonyl (C=O) groups is 1. The molecule has 0 saturated carbocycles. The van der Waals surface area contributed by atoms with Gasteiger partial charge >= 0.3 is 5.97 Å². The van der Waals surface area contributed by atoms with Gasteiger partial charge in [0.1, 0.15) is 0 Å². The summed E-state index contributed by atoms with van der Waals surface area (Å²) in [5, 5.41) is 10.7. The molecule has 1 aromatic rings. The summed E-state index contributed by atoms with van der Waals surface area (Å²) in [4.78, 5) is 21.2. The molecule has 6 nitrogen and oxygen atoms in total. The summed E-state index contributed by atoms with van der Waals surface area (Å²) in [6.07, 6.45) is 0. The van der Waals surface area contributed by atoms with Crippen LogP contribution in [0.2, 0.25) is 0 Å². The minimum atomic E-state index is -0.827. The molecule has 0 amide bonds. The van der Waals surface area contributed by atoms with E-state index in [1.165, 1.54) is 12.1 Å². The third-order valence-electron chi connectivity index (χ3n) is 1.70. The molecule has 80 valence electrons. The first kappa shape index (κ1) is 11.4. The molecule has 1 aromatic carbocycles. The number of ether oxygens (including phenoxy) is 1. The van der Waals surface area contributed by atoms with Crippen LogP contribution < -0.4 is 5.73 Å². The van der Waals surface area contributed by atoms with Gasteiger partial charge in [-0.1, -0.05) is 15.9 Å². The average Bonchev–Trinajstić information content (AvgIpc) is 2.15. The van der Waals surface area contributed by atoms with E-state index in [1.807, 2.05) is 0 Å². The maximum absolute atomic E-state index is 11.2.